The second kappa shape index (κ2) is 14.5. The number of unbranched alkanes of at least 4 members (excludes halogenated alkanes) is 13. The molecular weight excluding hydrogens is 354 g/mol. The van der Waals surface area contributed by atoms with Crippen LogP contribution in [0, 0.1) is 0 Å². The highest BCUT2D eigenvalue weighted by atomic mass is 16.7. The summed E-state index contributed by atoms with van der Waals surface area (Å²) in [6, 6.07) is 0. The zero-order valence-electron chi connectivity index (χ0n) is 18.3. The Kier molecular flexibility index (Phi) is 12.7. The van der Waals surface area contributed by atoms with Gasteiger partial charge in [0.1, 0.15) is 0 Å². The fourth-order valence-corrected chi connectivity index (χ4v) is 3.37. The highest BCUT2D eigenvalue weighted by Crippen LogP contribution is 2.22. The van der Waals surface area contributed by atoms with E-state index in [2.05, 4.69) is 12.2 Å². The Morgan fingerprint density at radius 1 is 0.714 bits per heavy atom. The Morgan fingerprint density at radius 2 is 1.11 bits per heavy atom. The predicted molar refractivity (Wildman–Crippen MR) is 113 cm³/mol. The van der Waals surface area contributed by atoms with Gasteiger partial charge < -0.3 is 14.8 Å². The van der Waals surface area contributed by atoms with E-state index in [0.717, 1.165) is 19.4 Å². The van der Waals surface area contributed by atoms with Crippen molar-refractivity contribution in [2.45, 2.75) is 116 Å². The van der Waals surface area contributed by atoms with Gasteiger partial charge in [-0.1, -0.05) is 90.4 Å². The molecule has 1 rings (SSSR count). The molecule has 28 heavy (non-hydrogen) atoms. The zero-order valence-corrected chi connectivity index (χ0v) is 18.3. The number of carbonyl (C=O) groups is 2. The van der Waals surface area contributed by atoms with E-state index in [-0.39, 0.29) is 5.57 Å². The van der Waals surface area contributed by atoms with E-state index in [4.69, 9.17) is 9.47 Å². The lowest BCUT2D eigenvalue weighted by Gasteiger charge is -2.29. The summed E-state index contributed by atoms with van der Waals surface area (Å²) in [7, 11) is 0. The molecule has 0 aromatic rings. The van der Waals surface area contributed by atoms with Gasteiger partial charge in [-0.3, -0.25) is 0 Å². The lowest BCUT2D eigenvalue weighted by atomic mass is 10.0. The van der Waals surface area contributed by atoms with E-state index in [0.29, 0.717) is 0 Å². The molecule has 0 unspecified atom stereocenters. The van der Waals surface area contributed by atoms with E-state index in [1.165, 1.54) is 83.2 Å². The third-order valence-corrected chi connectivity index (χ3v) is 5.04. The molecule has 0 amide bonds. The molecule has 0 aromatic heterocycles. The van der Waals surface area contributed by atoms with E-state index in [1.54, 1.807) is 13.8 Å². The lowest BCUT2D eigenvalue weighted by Crippen LogP contribution is -2.42. The average Bonchev–Trinajstić information content (AvgIpc) is 2.62. The molecule has 0 atom stereocenters. The topological polar surface area (TPSA) is 64.6 Å². The molecule has 0 bridgehead atoms. The Balaban J connectivity index is 1.90. The monoisotopic (exact) mass is 395 g/mol. The average molecular weight is 396 g/mol. The van der Waals surface area contributed by atoms with E-state index in [1.807, 2.05) is 0 Å². The maximum atomic E-state index is 11.8. The van der Waals surface area contributed by atoms with Crippen LogP contribution < -0.4 is 5.32 Å². The third kappa shape index (κ3) is 11.4. The first kappa shape index (κ1) is 24.5. The summed E-state index contributed by atoms with van der Waals surface area (Å²) >= 11 is 0. The van der Waals surface area contributed by atoms with Crippen molar-refractivity contribution in [3.05, 3.63) is 11.8 Å². The molecule has 5 nitrogen and oxygen atoms in total. The van der Waals surface area contributed by atoms with Crippen LogP contribution >= 0.6 is 0 Å². The van der Waals surface area contributed by atoms with Gasteiger partial charge in [0, 0.05) is 26.6 Å². The van der Waals surface area contributed by atoms with Crippen LogP contribution in [0.15, 0.2) is 11.8 Å². The summed E-state index contributed by atoms with van der Waals surface area (Å²) in [5, 5.41) is 3.02. The maximum Gasteiger partial charge on any atom is 0.350 e. The van der Waals surface area contributed by atoms with Crippen LogP contribution in [0.4, 0.5) is 0 Å². The van der Waals surface area contributed by atoms with Gasteiger partial charge in [-0.05, 0) is 6.42 Å². The Hall–Kier alpha value is -1.52. The minimum atomic E-state index is -1.18. The summed E-state index contributed by atoms with van der Waals surface area (Å²) in [6.45, 7) is 6.09. The van der Waals surface area contributed by atoms with Gasteiger partial charge in [0.25, 0.3) is 5.79 Å². The van der Waals surface area contributed by atoms with Crippen molar-refractivity contribution < 1.29 is 19.1 Å². The fourth-order valence-electron chi connectivity index (χ4n) is 3.37. The summed E-state index contributed by atoms with van der Waals surface area (Å²) in [4.78, 5) is 23.6. The number of nitrogens with one attached hydrogen (secondary N) is 1. The van der Waals surface area contributed by atoms with Crippen molar-refractivity contribution in [1.29, 1.82) is 0 Å². The number of hydrogen-bond acceptors (Lipinski definition) is 5. The molecular formula is C23H41NO4. The molecule has 0 saturated carbocycles. The molecule has 1 aliphatic heterocycles. The zero-order chi connectivity index (χ0) is 20.7. The SMILES string of the molecule is CCCCCCCCCCCCCCCCNC=C1C(=O)OC(C)(C)OC1=O. The van der Waals surface area contributed by atoms with Gasteiger partial charge in [-0.15, -0.1) is 0 Å². The molecule has 1 fully saturated rings. The lowest BCUT2D eigenvalue weighted by molar-refractivity contribution is -0.222. The number of esters is 2. The van der Waals surface area contributed by atoms with Crippen LogP contribution in [0.3, 0.4) is 0 Å². The molecule has 0 radical (unpaired) electrons. The molecule has 1 aliphatic rings. The van der Waals surface area contributed by atoms with Crippen LogP contribution in [-0.2, 0) is 19.1 Å². The molecule has 1 saturated heterocycles. The van der Waals surface area contributed by atoms with Crippen LogP contribution in [0.5, 0.6) is 0 Å². The summed E-state index contributed by atoms with van der Waals surface area (Å²) < 4.78 is 10.1. The summed E-state index contributed by atoms with van der Waals surface area (Å²) in [5.74, 6) is -2.44. The maximum absolute atomic E-state index is 11.8. The van der Waals surface area contributed by atoms with E-state index >= 15 is 0 Å². The van der Waals surface area contributed by atoms with Crippen LogP contribution in [0.2, 0.25) is 0 Å². The highest BCUT2D eigenvalue weighted by molar-refractivity contribution is 6.15. The first-order valence-electron chi connectivity index (χ1n) is 11.4. The molecule has 0 aliphatic carbocycles. The minimum absolute atomic E-state index is 0.0651. The molecule has 1 N–H and O–H groups in total. The van der Waals surface area contributed by atoms with Gasteiger partial charge in [-0.25, -0.2) is 9.59 Å². The second-order valence-corrected chi connectivity index (χ2v) is 8.29. The Labute approximate surface area is 171 Å². The van der Waals surface area contributed by atoms with Crippen LogP contribution in [0.1, 0.15) is 111 Å². The summed E-state index contributed by atoms with van der Waals surface area (Å²) in [5.41, 5.74) is -0.0651. The largest absolute Gasteiger partial charge is 0.419 e. The minimum Gasteiger partial charge on any atom is -0.419 e. The van der Waals surface area contributed by atoms with Crippen molar-refractivity contribution in [3.63, 3.8) is 0 Å². The van der Waals surface area contributed by atoms with Crippen molar-refractivity contribution in [2.75, 3.05) is 6.54 Å². The first-order chi connectivity index (χ1) is 13.5. The van der Waals surface area contributed by atoms with Gasteiger partial charge in [0.2, 0.25) is 0 Å². The van der Waals surface area contributed by atoms with Gasteiger partial charge >= 0.3 is 11.9 Å². The smallest absolute Gasteiger partial charge is 0.350 e. The summed E-state index contributed by atoms with van der Waals surface area (Å²) in [6.07, 6.45) is 20.0. The number of hydrogen-bond donors (Lipinski definition) is 1. The Bertz CT molecular complexity index is 463. The predicted octanol–water partition coefficient (Wildman–Crippen LogP) is 5.78. The van der Waals surface area contributed by atoms with E-state index in [9.17, 15) is 9.59 Å². The normalized spacial score (nSPS) is 15.9. The highest BCUT2D eigenvalue weighted by Gasteiger charge is 2.38. The van der Waals surface area contributed by atoms with Crippen LogP contribution in [-0.4, -0.2) is 24.3 Å². The number of cyclic esters (lactones) is 2. The molecule has 162 valence electrons. The van der Waals surface area contributed by atoms with Crippen LogP contribution in [0.25, 0.3) is 0 Å². The number of rotatable bonds is 16. The first-order valence-corrected chi connectivity index (χ1v) is 11.4. The standard InChI is InChI=1S/C23H41NO4/c1-4-5-6-7-8-9-10-11-12-13-14-15-16-17-18-24-19-20-21(25)27-23(2,3)28-22(20)26/h19,24H,4-18H2,1-3H3. The quantitative estimate of drug-likeness (QED) is 0.155. The van der Waals surface area contributed by atoms with Crippen molar-refractivity contribution >= 4 is 11.9 Å². The number of ether oxygens (including phenoxy) is 2. The van der Waals surface area contributed by atoms with Gasteiger partial charge in [-0.2, -0.15) is 0 Å². The molecule has 1 heterocycles. The fraction of sp³-hybridized carbons (Fsp3) is 0.826. The molecule has 5 heteroatoms. The molecule has 0 spiro atoms. The second-order valence-electron chi connectivity index (χ2n) is 8.29. The Morgan fingerprint density at radius 3 is 1.54 bits per heavy atom. The van der Waals surface area contributed by atoms with Gasteiger partial charge in [0.15, 0.2) is 5.57 Å². The molecule has 0 aromatic carbocycles. The van der Waals surface area contributed by atoms with E-state index < -0.39 is 17.7 Å². The van der Waals surface area contributed by atoms with Crippen molar-refractivity contribution in [1.82, 2.24) is 5.32 Å². The number of carbonyl (C=O) groups excluding carboxylic acids is 2. The van der Waals surface area contributed by atoms with Gasteiger partial charge in [0.05, 0.1) is 0 Å². The third-order valence-electron chi connectivity index (χ3n) is 5.04. The van der Waals surface area contributed by atoms with Crippen molar-refractivity contribution in [3.8, 4) is 0 Å². The van der Waals surface area contributed by atoms with Crippen molar-refractivity contribution in [2.24, 2.45) is 0 Å².